The van der Waals surface area contributed by atoms with Crippen LogP contribution in [0.15, 0.2) is 73.1 Å². The summed E-state index contributed by atoms with van der Waals surface area (Å²) in [4.78, 5) is 17.2. The van der Waals surface area contributed by atoms with E-state index < -0.39 is 0 Å². The number of H-pyrrole nitrogens is 1. The predicted molar refractivity (Wildman–Crippen MR) is 124 cm³/mol. The van der Waals surface area contributed by atoms with E-state index >= 15 is 0 Å². The first-order valence-corrected chi connectivity index (χ1v) is 10.7. The van der Waals surface area contributed by atoms with E-state index in [1.165, 1.54) is 0 Å². The van der Waals surface area contributed by atoms with E-state index in [-0.39, 0.29) is 11.8 Å². The fourth-order valence-corrected chi connectivity index (χ4v) is 3.66. The standard InChI is InChI=1S/C24H24ClN5O2/c1-32-16-22-27-24(29-28-22)18-6-10-21(11-7-18)26-23(31)14-19(15-30-12-2-3-13-30)17-4-8-20(25)9-5-17/h2-13,19H,14-16H2,1H3,(H,26,31)(H,27,28,29)/t19-/m0/s1. The molecule has 7 nitrogen and oxygen atoms in total. The molecule has 0 bridgehead atoms. The number of carbonyl (C=O) groups excluding carboxylic acids is 1. The molecule has 0 aliphatic heterocycles. The van der Waals surface area contributed by atoms with Crippen LogP contribution in [0, 0.1) is 0 Å². The molecule has 2 heterocycles. The van der Waals surface area contributed by atoms with Crippen molar-refractivity contribution in [3.63, 3.8) is 0 Å². The Hall–Kier alpha value is -3.42. The molecule has 0 aliphatic carbocycles. The van der Waals surface area contributed by atoms with E-state index in [4.69, 9.17) is 16.3 Å². The fraction of sp³-hybridized carbons (Fsp3) is 0.208. The Balaban J connectivity index is 1.42. The summed E-state index contributed by atoms with van der Waals surface area (Å²) < 4.78 is 7.13. The van der Waals surface area contributed by atoms with Crippen LogP contribution in [-0.4, -0.2) is 32.8 Å². The van der Waals surface area contributed by atoms with Crippen molar-refractivity contribution in [1.29, 1.82) is 0 Å². The van der Waals surface area contributed by atoms with Crippen LogP contribution in [0.25, 0.3) is 11.4 Å². The second-order valence-corrected chi connectivity index (χ2v) is 7.93. The molecule has 0 saturated heterocycles. The maximum absolute atomic E-state index is 12.8. The molecule has 164 valence electrons. The van der Waals surface area contributed by atoms with Gasteiger partial charge < -0.3 is 14.6 Å². The van der Waals surface area contributed by atoms with Crippen LogP contribution in [0.5, 0.6) is 0 Å². The topological polar surface area (TPSA) is 84.8 Å². The minimum Gasteiger partial charge on any atom is -0.377 e. The summed E-state index contributed by atoms with van der Waals surface area (Å²) in [6.45, 7) is 1.08. The number of aromatic amines is 1. The van der Waals surface area contributed by atoms with Gasteiger partial charge in [0.2, 0.25) is 5.91 Å². The maximum atomic E-state index is 12.8. The Morgan fingerprint density at radius 1 is 1.12 bits per heavy atom. The number of ether oxygens (including phenoxy) is 1. The molecule has 32 heavy (non-hydrogen) atoms. The minimum absolute atomic E-state index is 0.0198. The third-order valence-electron chi connectivity index (χ3n) is 5.11. The third-order valence-corrected chi connectivity index (χ3v) is 5.36. The van der Waals surface area contributed by atoms with Crippen LogP contribution in [0.2, 0.25) is 5.02 Å². The third kappa shape index (κ3) is 5.63. The van der Waals surface area contributed by atoms with Crippen molar-refractivity contribution in [2.75, 3.05) is 12.4 Å². The molecule has 0 aliphatic rings. The lowest BCUT2D eigenvalue weighted by Crippen LogP contribution is -2.18. The monoisotopic (exact) mass is 449 g/mol. The van der Waals surface area contributed by atoms with E-state index in [1.807, 2.05) is 73.1 Å². The number of rotatable bonds is 9. The normalized spacial score (nSPS) is 11.9. The first-order chi connectivity index (χ1) is 15.6. The molecule has 2 aromatic heterocycles. The van der Waals surface area contributed by atoms with Gasteiger partial charge in [0.05, 0.1) is 0 Å². The highest BCUT2D eigenvalue weighted by Gasteiger charge is 2.17. The number of benzene rings is 2. The summed E-state index contributed by atoms with van der Waals surface area (Å²) in [6, 6.07) is 19.1. The quantitative estimate of drug-likeness (QED) is 0.381. The van der Waals surface area contributed by atoms with Gasteiger partial charge in [0, 0.05) is 54.7 Å². The number of nitrogens with one attached hydrogen (secondary N) is 2. The van der Waals surface area contributed by atoms with Crippen molar-refractivity contribution >= 4 is 23.2 Å². The molecule has 0 unspecified atom stereocenters. The lowest BCUT2D eigenvalue weighted by atomic mass is 9.95. The van der Waals surface area contributed by atoms with Gasteiger partial charge in [-0.1, -0.05) is 23.7 Å². The number of hydrogen-bond donors (Lipinski definition) is 2. The average Bonchev–Trinajstić information content (AvgIpc) is 3.47. The summed E-state index contributed by atoms with van der Waals surface area (Å²) in [6.07, 6.45) is 4.35. The van der Waals surface area contributed by atoms with E-state index in [9.17, 15) is 4.79 Å². The Morgan fingerprint density at radius 3 is 2.53 bits per heavy atom. The number of carbonyl (C=O) groups is 1. The Kier molecular flexibility index (Phi) is 6.99. The van der Waals surface area contributed by atoms with Gasteiger partial charge in [0.25, 0.3) is 0 Å². The van der Waals surface area contributed by atoms with Gasteiger partial charge in [-0.2, -0.15) is 5.10 Å². The molecule has 0 fully saturated rings. The van der Waals surface area contributed by atoms with Gasteiger partial charge in [-0.25, -0.2) is 4.98 Å². The van der Waals surface area contributed by atoms with Crippen molar-refractivity contribution in [2.24, 2.45) is 0 Å². The van der Waals surface area contributed by atoms with E-state index in [2.05, 4.69) is 25.1 Å². The van der Waals surface area contributed by atoms with Crippen LogP contribution < -0.4 is 5.32 Å². The number of hydrogen-bond acceptors (Lipinski definition) is 4. The van der Waals surface area contributed by atoms with Crippen molar-refractivity contribution in [2.45, 2.75) is 25.5 Å². The van der Waals surface area contributed by atoms with Crippen molar-refractivity contribution < 1.29 is 9.53 Å². The van der Waals surface area contributed by atoms with Gasteiger partial charge in [-0.15, -0.1) is 0 Å². The Bertz CT molecular complexity index is 1140. The number of methoxy groups -OCH3 is 1. The van der Waals surface area contributed by atoms with Gasteiger partial charge in [-0.3, -0.25) is 9.89 Å². The van der Waals surface area contributed by atoms with Crippen LogP contribution >= 0.6 is 11.6 Å². The van der Waals surface area contributed by atoms with Crippen LogP contribution in [0.3, 0.4) is 0 Å². The minimum atomic E-state index is -0.0508. The smallest absolute Gasteiger partial charge is 0.225 e. The van der Waals surface area contributed by atoms with Gasteiger partial charge in [0.1, 0.15) is 6.61 Å². The summed E-state index contributed by atoms with van der Waals surface area (Å²) >= 11 is 6.04. The second-order valence-electron chi connectivity index (χ2n) is 7.50. The fourth-order valence-electron chi connectivity index (χ4n) is 3.53. The molecule has 8 heteroatoms. The summed E-state index contributed by atoms with van der Waals surface area (Å²) in [7, 11) is 1.61. The van der Waals surface area contributed by atoms with E-state index in [0.29, 0.717) is 36.2 Å². The Labute approximate surface area is 191 Å². The zero-order valence-corrected chi connectivity index (χ0v) is 18.4. The molecule has 0 spiro atoms. The van der Waals surface area contributed by atoms with Crippen molar-refractivity contribution in [1.82, 2.24) is 19.7 Å². The first kappa shape index (κ1) is 21.8. The van der Waals surface area contributed by atoms with Crippen molar-refractivity contribution in [3.05, 3.63) is 89.5 Å². The highest BCUT2D eigenvalue weighted by Crippen LogP contribution is 2.25. The molecule has 0 radical (unpaired) electrons. The molecule has 1 amide bonds. The lowest BCUT2D eigenvalue weighted by molar-refractivity contribution is -0.116. The van der Waals surface area contributed by atoms with Crippen LogP contribution in [0.1, 0.15) is 23.7 Å². The zero-order valence-electron chi connectivity index (χ0n) is 17.7. The number of halogens is 1. The van der Waals surface area contributed by atoms with Crippen molar-refractivity contribution in [3.8, 4) is 11.4 Å². The van der Waals surface area contributed by atoms with Crippen LogP contribution in [-0.2, 0) is 22.7 Å². The molecule has 4 aromatic rings. The van der Waals surface area contributed by atoms with Gasteiger partial charge in [-0.05, 0) is 54.1 Å². The average molecular weight is 450 g/mol. The number of aromatic nitrogens is 4. The summed E-state index contributed by atoms with van der Waals surface area (Å²) in [5.74, 6) is 1.22. The zero-order chi connectivity index (χ0) is 22.3. The van der Waals surface area contributed by atoms with E-state index in [1.54, 1.807) is 7.11 Å². The number of anilines is 1. The number of amides is 1. The van der Waals surface area contributed by atoms with Gasteiger partial charge in [0.15, 0.2) is 11.6 Å². The predicted octanol–water partition coefficient (Wildman–Crippen LogP) is 4.89. The lowest BCUT2D eigenvalue weighted by Gasteiger charge is -2.18. The molecule has 2 N–H and O–H groups in total. The summed E-state index contributed by atoms with van der Waals surface area (Å²) in [5, 5.41) is 10.7. The first-order valence-electron chi connectivity index (χ1n) is 10.3. The molecule has 2 aromatic carbocycles. The molecular weight excluding hydrogens is 426 g/mol. The molecule has 1 atom stereocenters. The molecule has 0 saturated carbocycles. The molecular formula is C24H24ClN5O2. The van der Waals surface area contributed by atoms with Crippen LogP contribution in [0.4, 0.5) is 5.69 Å². The summed E-state index contributed by atoms with van der Waals surface area (Å²) in [5.41, 5.74) is 2.65. The maximum Gasteiger partial charge on any atom is 0.225 e. The van der Waals surface area contributed by atoms with Gasteiger partial charge >= 0.3 is 0 Å². The Morgan fingerprint density at radius 2 is 1.84 bits per heavy atom. The highest BCUT2D eigenvalue weighted by atomic mass is 35.5. The highest BCUT2D eigenvalue weighted by molar-refractivity contribution is 6.30. The second kappa shape index (κ2) is 10.3. The molecule has 4 rings (SSSR count). The van der Waals surface area contributed by atoms with E-state index in [0.717, 1.165) is 16.8 Å². The number of nitrogens with zero attached hydrogens (tertiary/aromatic N) is 3. The SMILES string of the molecule is COCc1nc(-c2ccc(NC(=O)C[C@@H](Cn3cccc3)c3ccc(Cl)cc3)cc2)n[nH]1. The largest absolute Gasteiger partial charge is 0.377 e.